The van der Waals surface area contributed by atoms with Crippen molar-refractivity contribution in [1.82, 2.24) is 10.6 Å². The predicted molar refractivity (Wildman–Crippen MR) is 94.3 cm³/mol. The van der Waals surface area contributed by atoms with Gasteiger partial charge in [0.2, 0.25) is 17.7 Å². The van der Waals surface area contributed by atoms with Gasteiger partial charge in [-0.25, -0.2) is 0 Å². The van der Waals surface area contributed by atoms with Crippen LogP contribution in [0.3, 0.4) is 0 Å². The Morgan fingerprint density at radius 2 is 1.04 bits per heavy atom. The van der Waals surface area contributed by atoms with Gasteiger partial charge in [0.1, 0.15) is 5.78 Å². The number of hydrogen-bond donors (Lipinski definition) is 3. The molecule has 9 nitrogen and oxygen atoms in total. The first-order valence-corrected chi connectivity index (χ1v) is 7.63. The first kappa shape index (κ1) is 25.1. The first-order valence-electron chi connectivity index (χ1n) is 7.63. The summed E-state index contributed by atoms with van der Waals surface area (Å²) in [5.41, 5.74) is 4.88. The van der Waals surface area contributed by atoms with Crippen LogP contribution in [-0.2, 0) is 28.8 Å². The Morgan fingerprint density at radius 3 is 1.31 bits per heavy atom. The lowest BCUT2D eigenvalue weighted by molar-refractivity contribution is -0.123. The van der Waals surface area contributed by atoms with Crippen molar-refractivity contribution in [3.8, 4) is 0 Å². The third-order valence-electron chi connectivity index (χ3n) is 2.63. The van der Waals surface area contributed by atoms with Gasteiger partial charge in [0, 0.05) is 39.5 Å². The summed E-state index contributed by atoms with van der Waals surface area (Å²) in [7, 11) is 0. The number of rotatable bonds is 10. The molecule has 3 amide bonds. The van der Waals surface area contributed by atoms with Crippen molar-refractivity contribution in [3.05, 3.63) is 24.6 Å². The van der Waals surface area contributed by atoms with E-state index < -0.39 is 5.91 Å². The molecule has 0 atom stereocenters. The standard InChI is InChI=1S/C9H13NO3.C8H12N2O3/c1-6(11)4-5-9(13)7(2)10-8(3)12;1-5(10-6(2)11)7(12)3-4-8(9)13/h2,4-5H2,1,3H3,(H,10,12);1,3-4H2,2H3,(H2,9,13)(H,10,11). The van der Waals surface area contributed by atoms with Gasteiger partial charge in [0.15, 0.2) is 11.6 Å². The minimum atomic E-state index is -0.552. The molecule has 0 unspecified atom stereocenters. The van der Waals surface area contributed by atoms with E-state index >= 15 is 0 Å². The fourth-order valence-corrected chi connectivity index (χ4v) is 1.39. The normalized spacial score (nSPS) is 9.04. The van der Waals surface area contributed by atoms with Crippen molar-refractivity contribution in [2.45, 2.75) is 46.5 Å². The molecule has 0 saturated heterocycles. The molecular weight excluding hydrogens is 342 g/mol. The van der Waals surface area contributed by atoms with Crippen molar-refractivity contribution in [2.24, 2.45) is 5.73 Å². The molecule has 0 radical (unpaired) electrons. The average molecular weight is 367 g/mol. The van der Waals surface area contributed by atoms with Gasteiger partial charge in [-0.05, 0) is 6.92 Å². The van der Waals surface area contributed by atoms with E-state index in [4.69, 9.17) is 5.73 Å². The second-order valence-electron chi connectivity index (χ2n) is 5.33. The van der Waals surface area contributed by atoms with Crippen LogP contribution >= 0.6 is 0 Å². The summed E-state index contributed by atoms with van der Waals surface area (Å²) in [6, 6.07) is 0. The maximum absolute atomic E-state index is 11.1. The number of nitrogens with two attached hydrogens (primary N) is 1. The van der Waals surface area contributed by atoms with Crippen LogP contribution in [0.15, 0.2) is 24.6 Å². The predicted octanol–water partition coefficient (Wildman–Crippen LogP) is 0.0453. The number of allylic oxidation sites excluding steroid dienone is 2. The van der Waals surface area contributed by atoms with Crippen LogP contribution in [0.4, 0.5) is 0 Å². The van der Waals surface area contributed by atoms with Crippen LogP contribution in [0.1, 0.15) is 46.5 Å². The van der Waals surface area contributed by atoms with Gasteiger partial charge in [0.05, 0.1) is 11.4 Å². The van der Waals surface area contributed by atoms with Gasteiger partial charge in [-0.1, -0.05) is 13.2 Å². The molecule has 0 saturated carbocycles. The molecule has 0 bridgehead atoms. The number of Topliss-reactive ketones (excluding diaryl/α,β-unsaturated/α-hetero) is 3. The van der Waals surface area contributed by atoms with Gasteiger partial charge >= 0.3 is 0 Å². The smallest absolute Gasteiger partial charge is 0.221 e. The van der Waals surface area contributed by atoms with E-state index in [1.54, 1.807) is 0 Å². The molecule has 144 valence electrons. The SMILES string of the molecule is C=C(NC(C)=O)C(=O)CCC(C)=O.C=C(NC(C)=O)C(=O)CCC(N)=O. The number of hydrogen-bond acceptors (Lipinski definition) is 6. The Balaban J connectivity index is 0. The van der Waals surface area contributed by atoms with E-state index in [1.165, 1.54) is 20.8 Å². The van der Waals surface area contributed by atoms with Crippen LogP contribution < -0.4 is 16.4 Å². The zero-order valence-corrected chi connectivity index (χ0v) is 15.3. The van der Waals surface area contributed by atoms with Crippen molar-refractivity contribution in [1.29, 1.82) is 0 Å². The quantitative estimate of drug-likeness (QED) is 0.464. The summed E-state index contributed by atoms with van der Waals surface area (Å²) in [5.74, 6) is -1.98. The fourth-order valence-electron chi connectivity index (χ4n) is 1.39. The molecule has 9 heteroatoms. The lowest BCUT2D eigenvalue weighted by Crippen LogP contribution is -2.24. The molecule has 0 aromatic heterocycles. The molecule has 0 rings (SSSR count). The van der Waals surface area contributed by atoms with Crippen molar-refractivity contribution in [3.63, 3.8) is 0 Å². The van der Waals surface area contributed by atoms with Crippen molar-refractivity contribution in [2.75, 3.05) is 0 Å². The molecule has 0 fully saturated rings. The minimum Gasteiger partial charge on any atom is -0.370 e. The maximum atomic E-state index is 11.1. The van der Waals surface area contributed by atoms with E-state index in [1.807, 2.05) is 0 Å². The average Bonchev–Trinajstić information content (AvgIpc) is 2.49. The number of amides is 3. The Bertz CT molecular complexity index is 568. The lowest BCUT2D eigenvalue weighted by atomic mass is 10.1. The van der Waals surface area contributed by atoms with E-state index in [-0.39, 0.29) is 66.2 Å². The Hall–Kier alpha value is -3.10. The molecule has 0 aromatic carbocycles. The summed E-state index contributed by atoms with van der Waals surface area (Å²) in [6.45, 7) is 10.7. The summed E-state index contributed by atoms with van der Waals surface area (Å²) >= 11 is 0. The molecule has 0 spiro atoms. The third-order valence-corrected chi connectivity index (χ3v) is 2.63. The van der Waals surface area contributed by atoms with Gasteiger partial charge in [-0.3, -0.25) is 24.0 Å². The van der Waals surface area contributed by atoms with Gasteiger partial charge in [-0.2, -0.15) is 0 Å². The molecule has 4 N–H and O–H groups in total. The van der Waals surface area contributed by atoms with Crippen LogP contribution in [-0.4, -0.2) is 35.1 Å². The topological polar surface area (TPSA) is 152 Å². The van der Waals surface area contributed by atoms with E-state index in [2.05, 4.69) is 23.8 Å². The second-order valence-corrected chi connectivity index (χ2v) is 5.33. The molecule has 0 aromatic rings. The Labute approximate surface area is 152 Å². The maximum Gasteiger partial charge on any atom is 0.221 e. The lowest BCUT2D eigenvalue weighted by Gasteiger charge is -2.03. The highest BCUT2D eigenvalue weighted by atomic mass is 16.2. The molecule has 0 heterocycles. The zero-order chi connectivity index (χ0) is 20.9. The first-order chi connectivity index (χ1) is 11.9. The van der Waals surface area contributed by atoms with Crippen LogP contribution in [0.25, 0.3) is 0 Å². The van der Waals surface area contributed by atoms with Crippen LogP contribution in [0, 0.1) is 0 Å². The minimum absolute atomic E-state index is 0.00579. The number of ketones is 3. The van der Waals surface area contributed by atoms with E-state index in [0.717, 1.165) is 0 Å². The van der Waals surface area contributed by atoms with Gasteiger partial charge in [-0.15, -0.1) is 0 Å². The van der Waals surface area contributed by atoms with E-state index in [9.17, 15) is 28.8 Å². The largest absolute Gasteiger partial charge is 0.370 e. The third kappa shape index (κ3) is 15.8. The Kier molecular flexibility index (Phi) is 12.8. The fraction of sp³-hybridized carbons (Fsp3) is 0.412. The summed E-state index contributed by atoms with van der Waals surface area (Å²) in [6.07, 6.45) is 0.248. The second kappa shape index (κ2) is 13.2. The highest BCUT2D eigenvalue weighted by Crippen LogP contribution is 1.98. The molecule has 0 aliphatic carbocycles. The van der Waals surface area contributed by atoms with Gasteiger partial charge in [0.25, 0.3) is 0 Å². The summed E-state index contributed by atoms with van der Waals surface area (Å²) < 4.78 is 0. The number of nitrogens with one attached hydrogen (secondary N) is 2. The number of carbonyl (C=O) groups excluding carboxylic acids is 6. The monoisotopic (exact) mass is 367 g/mol. The number of carbonyl (C=O) groups is 6. The summed E-state index contributed by atoms with van der Waals surface area (Å²) in [5, 5.41) is 4.50. The van der Waals surface area contributed by atoms with Crippen molar-refractivity contribution < 1.29 is 28.8 Å². The highest BCUT2D eigenvalue weighted by Gasteiger charge is 2.09. The summed E-state index contributed by atoms with van der Waals surface area (Å²) in [4.78, 5) is 64.0. The molecular formula is C17H25N3O6. The number of primary amides is 1. The Morgan fingerprint density at radius 1 is 0.692 bits per heavy atom. The molecule has 0 aliphatic heterocycles. The van der Waals surface area contributed by atoms with Crippen LogP contribution in [0.2, 0.25) is 0 Å². The molecule has 26 heavy (non-hydrogen) atoms. The zero-order valence-electron chi connectivity index (χ0n) is 15.3. The van der Waals surface area contributed by atoms with Crippen molar-refractivity contribution >= 4 is 35.1 Å². The highest BCUT2D eigenvalue weighted by molar-refractivity contribution is 6.00. The van der Waals surface area contributed by atoms with Crippen LogP contribution in [0.5, 0.6) is 0 Å². The van der Waals surface area contributed by atoms with Gasteiger partial charge < -0.3 is 21.2 Å². The van der Waals surface area contributed by atoms with E-state index in [0.29, 0.717) is 0 Å². The molecule has 0 aliphatic rings.